The summed E-state index contributed by atoms with van der Waals surface area (Å²) in [6.45, 7) is 1.94. The van der Waals surface area contributed by atoms with E-state index >= 15 is 0 Å². The van der Waals surface area contributed by atoms with E-state index in [4.69, 9.17) is 0 Å². The molecule has 9 heteroatoms. The normalized spacial score (nSPS) is 13.1. The van der Waals surface area contributed by atoms with Crippen molar-refractivity contribution in [3.63, 3.8) is 0 Å². The second-order valence-corrected chi connectivity index (χ2v) is 6.57. The number of guanidine groups is 1. The second kappa shape index (κ2) is 9.47. The molecule has 0 aliphatic rings. The Bertz CT molecular complexity index is 997. The first-order valence-corrected chi connectivity index (χ1v) is 8.83. The van der Waals surface area contributed by atoms with Gasteiger partial charge >= 0.3 is 6.18 Å². The number of alkyl halides is 3. The molecule has 0 radical (unpaired) electrons. The van der Waals surface area contributed by atoms with Crippen molar-refractivity contribution in [2.75, 3.05) is 7.05 Å². The number of rotatable bonds is 4. The molecular weight excluding hydrogens is 494 g/mol. The number of fused-ring (bicyclic) bond motifs is 1. The first kappa shape index (κ1) is 23.0. The lowest BCUT2D eigenvalue weighted by molar-refractivity contribution is -0.142. The van der Waals surface area contributed by atoms with E-state index in [2.05, 4.69) is 26.8 Å². The third kappa shape index (κ3) is 5.62. The lowest BCUT2D eigenvalue weighted by atomic mass is 10.0. The van der Waals surface area contributed by atoms with E-state index in [0.717, 1.165) is 21.0 Å². The number of benzene rings is 2. The highest BCUT2D eigenvalue weighted by Gasteiger charge is 2.36. The third-order valence-corrected chi connectivity index (χ3v) is 4.47. The topological polar surface area (TPSA) is 54.2 Å². The predicted molar refractivity (Wildman–Crippen MR) is 119 cm³/mol. The Morgan fingerprint density at radius 3 is 2.52 bits per heavy atom. The maximum Gasteiger partial charge on any atom is 0.435 e. The van der Waals surface area contributed by atoms with Crippen LogP contribution in [0.3, 0.4) is 0 Å². The van der Waals surface area contributed by atoms with E-state index in [9.17, 15) is 13.2 Å². The molecule has 0 saturated carbocycles. The zero-order valence-electron chi connectivity index (χ0n) is 16.3. The molecule has 3 rings (SSSR count). The molecule has 0 saturated heterocycles. The van der Waals surface area contributed by atoms with Gasteiger partial charge in [0, 0.05) is 32.4 Å². The van der Waals surface area contributed by atoms with E-state index in [0.29, 0.717) is 5.96 Å². The van der Waals surface area contributed by atoms with Crippen LogP contribution in [-0.2, 0) is 19.8 Å². The quantitative estimate of drug-likeness (QED) is 0.302. The maximum atomic E-state index is 13.1. The van der Waals surface area contributed by atoms with E-state index in [1.807, 2.05) is 43.3 Å². The predicted octanol–water partition coefficient (Wildman–Crippen LogP) is 4.64. The summed E-state index contributed by atoms with van der Waals surface area (Å²) in [5.41, 5.74) is 0.232. The number of hydrogen-bond donors (Lipinski definition) is 2. The molecule has 1 aromatic heterocycles. The van der Waals surface area contributed by atoms with Crippen molar-refractivity contribution in [3.8, 4) is 0 Å². The molecule has 0 spiro atoms. The van der Waals surface area contributed by atoms with Crippen molar-refractivity contribution in [3.05, 3.63) is 65.5 Å². The molecule has 0 aliphatic heterocycles. The van der Waals surface area contributed by atoms with Gasteiger partial charge in [-0.15, -0.1) is 24.0 Å². The van der Waals surface area contributed by atoms with Gasteiger partial charge in [0.05, 0.1) is 6.04 Å². The van der Waals surface area contributed by atoms with Crippen molar-refractivity contribution in [1.82, 2.24) is 20.4 Å². The van der Waals surface area contributed by atoms with Gasteiger partial charge in [-0.3, -0.25) is 9.67 Å². The first-order valence-electron chi connectivity index (χ1n) is 8.83. The van der Waals surface area contributed by atoms with Gasteiger partial charge in [-0.25, -0.2) is 0 Å². The van der Waals surface area contributed by atoms with Crippen LogP contribution in [0, 0.1) is 0 Å². The molecule has 3 aromatic rings. The molecule has 2 aromatic carbocycles. The van der Waals surface area contributed by atoms with Crippen LogP contribution in [0.4, 0.5) is 13.2 Å². The highest BCUT2D eigenvalue weighted by atomic mass is 127. The van der Waals surface area contributed by atoms with Gasteiger partial charge in [0.25, 0.3) is 0 Å². The van der Waals surface area contributed by atoms with E-state index in [-0.39, 0.29) is 42.1 Å². The van der Waals surface area contributed by atoms with Crippen LogP contribution in [0.1, 0.15) is 29.8 Å². The number of aryl methyl sites for hydroxylation is 1. The summed E-state index contributed by atoms with van der Waals surface area (Å²) in [4.78, 5) is 4.12. The number of aliphatic imine (C=N–C) groups is 1. The molecule has 1 heterocycles. The van der Waals surface area contributed by atoms with Crippen LogP contribution < -0.4 is 10.6 Å². The molecule has 1 unspecified atom stereocenters. The van der Waals surface area contributed by atoms with Crippen LogP contribution in [0.5, 0.6) is 0 Å². The Morgan fingerprint density at radius 2 is 1.86 bits per heavy atom. The first-order chi connectivity index (χ1) is 13.3. The minimum absolute atomic E-state index is 0. The van der Waals surface area contributed by atoms with Gasteiger partial charge in [-0.2, -0.15) is 18.3 Å². The fraction of sp³-hybridized carbons (Fsp3) is 0.300. The minimum atomic E-state index is -4.49. The fourth-order valence-corrected chi connectivity index (χ4v) is 3.04. The fourth-order valence-electron chi connectivity index (χ4n) is 3.04. The molecule has 5 nitrogen and oxygen atoms in total. The summed E-state index contributed by atoms with van der Waals surface area (Å²) in [5, 5.41) is 11.9. The van der Waals surface area contributed by atoms with Gasteiger partial charge < -0.3 is 10.6 Å². The summed E-state index contributed by atoms with van der Waals surface area (Å²) in [6.07, 6.45) is -3.14. The Labute approximate surface area is 184 Å². The van der Waals surface area contributed by atoms with Gasteiger partial charge in [0.15, 0.2) is 11.7 Å². The highest BCUT2D eigenvalue weighted by Crippen LogP contribution is 2.30. The third-order valence-electron chi connectivity index (χ3n) is 4.47. The summed E-state index contributed by atoms with van der Waals surface area (Å²) in [6, 6.07) is 14.1. The molecule has 0 aliphatic carbocycles. The standard InChI is InChI=1S/C20H22F3N5.HI/c1-13(15-9-8-14-6-4-5-7-16(14)10-15)26-19(24-2)25-11-17-12-28(3)27-18(17)20(21,22)23;/h4-10,12-13H,11H2,1-3H3,(H2,24,25,26);1H. The summed E-state index contributed by atoms with van der Waals surface area (Å²) in [7, 11) is 3.05. The van der Waals surface area contributed by atoms with Gasteiger partial charge in [0.2, 0.25) is 0 Å². The van der Waals surface area contributed by atoms with Gasteiger partial charge in [-0.05, 0) is 29.3 Å². The van der Waals surface area contributed by atoms with Crippen molar-refractivity contribution in [2.24, 2.45) is 12.0 Å². The SMILES string of the molecule is CN=C(NCc1cn(C)nc1C(F)(F)F)NC(C)c1ccc2ccccc2c1.I. The zero-order chi connectivity index (χ0) is 20.3. The van der Waals surface area contributed by atoms with Crippen molar-refractivity contribution < 1.29 is 13.2 Å². The molecule has 0 amide bonds. The smallest absolute Gasteiger partial charge is 0.352 e. The number of hydrogen-bond acceptors (Lipinski definition) is 2. The molecule has 0 bridgehead atoms. The molecule has 29 heavy (non-hydrogen) atoms. The summed E-state index contributed by atoms with van der Waals surface area (Å²) in [5.74, 6) is 0.414. The average molecular weight is 517 g/mol. The van der Waals surface area contributed by atoms with Crippen LogP contribution in [0.15, 0.2) is 53.7 Å². The van der Waals surface area contributed by atoms with Crippen molar-refractivity contribution >= 4 is 40.7 Å². The van der Waals surface area contributed by atoms with Crippen molar-refractivity contribution in [1.29, 1.82) is 0 Å². The number of halogens is 4. The monoisotopic (exact) mass is 517 g/mol. The highest BCUT2D eigenvalue weighted by molar-refractivity contribution is 14.0. The number of aromatic nitrogens is 2. The number of nitrogens with one attached hydrogen (secondary N) is 2. The van der Waals surface area contributed by atoms with E-state index in [1.54, 1.807) is 7.05 Å². The van der Waals surface area contributed by atoms with Crippen molar-refractivity contribution in [2.45, 2.75) is 25.7 Å². The zero-order valence-corrected chi connectivity index (χ0v) is 18.6. The molecule has 0 fully saturated rings. The summed E-state index contributed by atoms with van der Waals surface area (Å²) >= 11 is 0. The Morgan fingerprint density at radius 1 is 1.17 bits per heavy atom. The molecule has 2 N–H and O–H groups in total. The largest absolute Gasteiger partial charge is 0.435 e. The Hall–Kier alpha value is -2.30. The lowest BCUT2D eigenvalue weighted by Gasteiger charge is -2.19. The average Bonchev–Trinajstić information content (AvgIpc) is 3.05. The van der Waals surface area contributed by atoms with Crippen LogP contribution in [0.2, 0.25) is 0 Å². The van der Waals surface area contributed by atoms with Gasteiger partial charge in [-0.1, -0.05) is 36.4 Å². The van der Waals surface area contributed by atoms with Crippen LogP contribution in [-0.4, -0.2) is 22.8 Å². The Kier molecular flexibility index (Phi) is 7.50. The molecule has 1 atom stereocenters. The number of nitrogens with zero attached hydrogens (tertiary/aromatic N) is 3. The molecule has 156 valence electrons. The molecular formula is C20H23F3IN5. The minimum Gasteiger partial charge on any atom is -0.352 e. The van der Waals surface area contributed by atoms with E-state index < -0.39 is 11.9 Å². The van der Waals surface area contributed by atoms with Gasteiger partial charge in [0.1, 0.15) is 0 Å². The Balaban J connectivity index is 0.00000300. The second-order valence-electron chi connectivity index (χ2n) is 6.57. The van der Waals surface area contributed by atoms with Crippen LogP contribution in [0.25, 0.3) is 10.8 Å². The summed E-state index contributed by atoms with van der Waals surface area (Å²) < 4.78 is 40.4. The van der Waals surface area contributed by atoms with Crippen LogP contribution >= 0.6 is 24.0 Å². The lowest BCUT2D eigenvalue weighted by Crippen LogP contribution is -2.38. The van der Waals surface area contributed by atoms with E-state index in [1.165, 1.54) is 13.2 Å². The maximum absolute atomic E-state index is 13.1.